The number of rotatable bonds is 6. The lowest BCUT2D eigenvalue weighted by molar-refractivity contribution is -0.146. The normalized spacial score (nSPS) is 17.6. The van der Waals surface area contributed by atoms with Crippen LogP contribution in [0, 0.1) is 0 Å². The van der Waals surface area contributed by atoms with Crippen molar-refractivity contribution >= 4 is 11.9 Å². The second-order valence-corrected chi connectivity index (χ2v) is 5.80. The fourth-order valence-electron chi connectivity index (χ4n) is 2.79. The quantitative estimate of drug-likeness (QED) is 0.747. The minimum Gasteiger partial charge on any atom is -0.497 e. The monoisotopic (exact) mass is 360 g/mol. The van der Waals surface area contributed by atoms with Crippen molar-refractivity contribution in [3.05, 3.63) is 30.2 Å². The zero-order valence-corrected chi connectivity index (χ0v) is 14.6. The van der Waals surface area contributed by atoms with Crippen LogP contribution >= 0.6 is 0 Å². The topological polar surface area (TPSA) is 107 Å². The lowest BCUT2D eigenvalue weighted by Crippen LogP contribution is -2.55. The predicted molar refractivity (Wildman–Crippen MR) is 90.1 cm³/mol. The molecule has 1 saturated heterocycles. The molecular weight excluding hydrogens is 340 g/mol. The van der Waals surface area contributed by atoms with Crippen molar-refractivity contribution in [2.24, 2.45) is 0 Å². The number of carbonyl (C=O) groups is 2. The highest BCUT2D eigenvalue weighted by atomic mass is 16.5. The summed E-state index contributed by atoms with van der Waals surface area (Å²) in [6.07, 6.45) is -0.0286. The third-order valence-corrected chi connectivity index (χ3v) is 4.16. The van der Waals surface area contributed by atoms with Crippen molar-refractivity contribution in [3.8, 4) is 17.1 Å². The second-order valence-electron chi connectivity index (χ2n) is 5.80. The Labute approximate surface area is 150 Å². The minimum absolute atomic E-state index is 0.0286. The first kappa shape index (κ1) is 17.9. The second kappa shape index (κ2) is 7.96. The summed E-state index contributed by atoms with van der Waals surface area (Å²) in [5.74, 6) is 0.839. The molecule has 0 radical (unpaired) electrons. The Morgan fingerprint density at radius 2 is 2.27 bits per heavy atom. The Bertz CT molecular complexity index is 791. The van der Waals surface area contributed by atoms with Gasteiger partial charge in [0.25, 0.3) is 0 Å². The molecule has 1 aromatic carbocycles. The predicted octanol–water partition coefficient (Wildman–Crippen LogP) is 0.609. The summed E-state index contributed by atoms with van der Waals surface area (Å²) in [5.41, 5.74) is 0.766. The summed E-state index contributed by atoms with van der Waals surface area (Å²) in [7, 11) is 2.88. The van der Waals surface area contributed by atoms with Crippen molar-refractivity contribution < 1.29 is 23.6 Å². The van der Waals surface area contributed by atoms with E-state index in [1.54, 1.807) is 7.11 Å². The molecule has 2 aromatic rings. The molecule has 9 heteroatoms. The lowest BCUT2D eigenvalue weighted by atomic mass is 10.1. The van der Waals surface area contributed by atoms with E-state index >= 15 is 0 Å². The van der Waals surface area contributed by atoms with Crippen molar-refractivity contribution in [1.82, 2.24) is 20.4 Å². The molecule has 138 valence electrons. The fraction of sp³-hybridized carbons (Fsp3) is 0.412. The molecule has 3 rings (SSSR count). The Morgan fingerprint density at radius 1 is 1.42 bits per heavy atom. The molecule has 1 amide bonds. The molecule has 0 saturated carbocycles. The van der Waals surface area contributed by atoms with Crippen molar-refractivity contribution in [3.63, 3.8) is 0 Å². The average molecular weight is 360 g/mol. The molecule has 1 aliphatic rings. The van der Waals surface area contributed by atoms with E-state index in [1.165, 1.54) is 7.11 Å². The molecule has 1 atom stereocenters. The number of amides is 1. The van der Waals surface area contributed by atoms with Crippen molar-refractivity contribution in [2.45, 2.75) is 19.0 Å². The van der Waals surface area contributed by atoms with Crippen molar-refractivity contribution in [1.29, 1.82) is 0 Å². The van der Waals surface area contributed by atoms with Gasteiger partial charge in [-0.2, -0.15) is 4.98 Å². The van der Waals surface area contributed by atoms with Gasteiger partial charge in [-0.05, 0) is 12.1 Å². The summed E-state index contributed by atoms with van der Waals surface area (Å²) in [6, 6.07) is 6.71. The number of aromatic nitrogens is 2. The molecule has 0 aliphatic carbocycles. The molecule has 26 heavy (non-hydrogen) atoms. The largest absolute Gasteiger partial charge is 0.497 e. The summed E-state index contributed by atoms with van der Waals surface area (Å²) < 4.78 is 15.2. The third-order valence-electron chi connectivity index (χ3n) is 4.16. The number of benzene rings is 1. The van der Waals surface area contributed by atoms with E-state index in [-0.39, 0.29) is 18.9 Å². The zero-order chi connectivity index (χ0) is 18.5. The highest BCUT2D eigenvalue weighted by Gasteiger charge is 2.33. The van der Waals surface area contributed by atoms with Crippen LogP contribution in [0.4, 0.5) is 0 Å². The SMILES string of the molecule is COC(=O)C[C@H]1C(=O)NCCN1Cc1nc(-c2cccc(OC)c2)no1. The molecule has 2 heterocycles. The Hall–Kier alpha value is -2.94. The van der Waals surface area contributed by atoms with Gasteiger partial charge in [0.05, 0.1) is 27.2 Å². The lowest BCUT2D eigenvalue weighted by Gasteiger charge is -2.33. The first-order valence-corrected chi connectivity index (χ1v) is 8.16. The van der Waals surface area contributed by atoms with Crippen LogP contribution in [-0.2, 0) is 20.9 Å². The van der Waals surface area contributed by atoms with E-state index in [1.807, 2.05) is 29.2 Å². The maximum absolute atomic E-state index is 12.1. The average Bonchev–Trinajstić information content (AvgIpc) is 3.13. The number of ether oxygens (including phenoxy) is 2. The van der Waals surface area contributed by atoms with E-state index in [2.05, 4.69) is 20.2 Å². The van der Waals surface area contributed by atoms with Gasteiger partial charge in [0.15, 0.2) is 0 Å². The van der Waals surface area contributed by atoms with Crippen LogP contribution in [0.15, 0.2) is 28.8 Å². The molecule has 0 spiro atoms. The highest BCUT2D eigenvalue weighted by molar-refractivity contribution is 5.87. The van der Waals surface area contributed by atoms with Crippen LogP contribution in [0.2, 0.25) is 0 Å². The number of carbonyl (C=O) groups excluding carboxylic acids is 2. The van der Waals surface area contributed by atoms with Gasteiger partial charge in [-0.25, -0.2) is 0 Å². The number of piperazine rings is 1. The van der Waals surface area contributed by atoms with Crippen LogP contribution in [0.5, 0.6) is 5.75 Å². The summed E-state index contributed by atoms with van der Waals surface area (Å²) in [5, 5.41) is 6.74. The number of methoxy groups -OCH3 is 2. The van der Waals surface area contributed by atoms with Gasteiger partial charge in [0.1, 0.15) is 11.8 Å². The van der Waals surface area contributed by atoms with Gasteiger partial charge >= 0.3 is 5.97 Å². The minimum atomic E-state index is -0.622. The van der Waals surface area contributed by atoms with E-state index in [0.717, 1.165) is 5.56 Å². The van der Waals surface area contributed by atoms with Gasteiger partial charge < -0.3 is 19.3 Å². The van der Waals surface area contributed by atoms with Gasteiger partial charge in [-0.3, -0.25) is 14.5 Å². The van der Waals surface area contributed by atoms with Crippen LogP contribution in [-0.4, -0.2) is 60.3 Å². The number of esters is 1. The van der Waals surface area contributed by atoms with Crippen molar-refractivity contribution in [2.75, 3.05) is 27.3 Å². The maximum atomic E-state index is 12.1. The molecule has 0 unspecified atom stereocenters. The van der Waals surface area contributed by atoms with Gasteiger partial charge in [-0.15, -0.1) is 0 Å². The van der Waals surface area contributed by atoms with E-state index in [0.29, 0.717) is 30.6 Å². The maximum Gasteiger partial charge on any atom is 0.307 e. The highest BCUT2D eigenvalue weighted by Crippen LogP contribution is 2.22. The number of nitrogens with zero attached hydrogens (tertiary/aromatic N) is 3. The number of hydrogen-bond acceptors (Lipinski definition) is 8. The molecule has 1 N–H and O–H groups in total. The zero-order valence-electron chi connectivity index (χ0n) is 14.6. The van der Waals surface area contributed by atoms with Crippen LogP contribution in [0.3, 0.4) is 0 Å². The van der Waals surface area contributed by atoms with E-state index in [9.17, 15) is 9.59 Å². The molecule has 1 aromatic heterocycles. The summed E-state index contributed by atoms with van der Waals surface area (Å²) in [6.45, 7) is 1.34. The number of nitrogens with one attached hydrogen (secondary N) is 1. The number of hydrogen-bond donors (Lipinski definition) is 1. The molecule has 1 fully saturated rings. The van der Waals surface area contributed by atoms with Crippen LogP contribution in [0.25, 0.3) is 11.4 Å². The first-order chi connectivity index (χ1) is 12.6. The van der Waals surface area contributed by atoms with E-state index < -0.39 is 12.0 Å². The summed E-state index contributed by atoms with van der Waals surface area (Å²) in [4.78, 5) is 29.9. The van der Waals surface area contributed by atoms with E-state index in [4.69, 9.17) is 9.26 Å². The third kappa shape index (κ3) is 3.99. The molecule has 0 bridgehead atoms. The Balaban J connectivity index is 1.74. The molecule has 9 nitrogen and oxygen atoms in total. The molecule has 1 aliphatic heterocycles. The standard InChI is InChI=1S/C17H20N4O5/c1-24-12-5-3-4-11(8-12)16-19-14(26-20-16)10-21-7-6-18-17(23)13(21)9-15(22)25-2/h3-5,8,13H,6-7,9-10H2,1-2H3,(H,18,23)/t13-/m0/s1. The van der Waals surface area contributed by atoms with Gasteiger partial charge in [0.2, 0.25) is 17.6 Å². The Morgan fingerprint density at radius 3 is 3.04 bits per heavy atom. The van der Waals surface area contributed by atoms with Gasteiger partial charge in [-0.1, -0.05) is 17.3 Å². The van der Waals surface area contributed by atoms with Crippen LogP contribution in [0.1, 0.15) is 12.3 Å². The fourth-order valence-corrected chi connectivity index (χ4v) is 2.79. The first-order valence-electron chi connectivity index (χ1n) is 8.16. The smallest absolute Gasteiger partial charge is 0.307 e. The summed E-state index contributed by atoms with van der Waals surface area (Å²) >= 11 is 0. The van der Waals surface area contributed by atoms with Crippen LogP contribution < -0.4 is 10.1 Å². The van der Waals surface area contributed by atoms with Gasteiger partial charge in [0, 0.05) is 18.7 Å². The molecular formula is C17H20N4O5. The Kier molecular flexibility index (Phi) is 5.47.